The molecular weight excluding hydrogens is 373 g/mol. The van der Waals surface area contributed by atoms with Gasteiger partial charge in [-0.05, 0) is 38.5 Å². The van der Waals surface area contributed by atoms with Crippen molar-refractivity contribution < 1.29 is 18.4 Å². The molecule has 28 heavy (non-hydrogen) atoms. The molecule has 2 N–H and O–H groups in total. The van der Waals surface area contributed by atoms with Crippen molar-refractivity contribution in [3.05, 3.63) is 0 Å². The molecule has 0 aliphatic carbocycles. The maximum Gasteiger partial charge on any atom is 0.346 e. The van der Waals surface area contributed by atoms with Gasteiger partial charge in [0.2, 0.25) is 5.91 Å². The SMILES string of the molecule is CCCCC(CC)CC(CC(CC)CCCC)(C(N)=O)P(=O)(OCC)OCC. The minimum atomic E-state index is -3.69. The molecule has 0 fully saturated rings. The van der Waals surface area contributed by atoms with E-state index in [0.29, 0.717) is 12.8 Å². The molecule has 5 nitrogen and oxygen atoms in total. The Labute approximate surface area is 174 Å². The van der Waals surface area contributed by atoms with Crippen molar-refractivity contribution in [3.8, 4) is 0 Å². The van der Waals surface area contributed by atoms with E-state index in [9.17, 15) is 9.36 Å². The van der Waals surface area contributed by atoms with Gasteiger partial charge in [0.05, 0.1) is 13.2 Å². The second kappa shape index (κ2) is 14.6. The molecule has 0 spiro atoms. The van der Waals surface area contributed by atoms with Gasteiger partial charge >= 0.3 is 7.60 Å². The first-order valence-electron chi connectivity index (χ1n) is 11.5. The van der Waals surface area contributed by atoms with Gasteiger partial charge in [0.25, 0.3) is 0 Å². The summed E-state index contributed by atoms with van der Waals surface area (Å²) in [5, 5.41) is -1.25. The van der Waals surface area contributed by atoms with Crippen LogP contribution in [-0.2, 0) is 18.4 Å². The van der Waals surface area contributed by atoms with Crippen LogP contribution < -0.4 is 5.73 Å². The maximum atomic E-state index is 14.0. The Balaban J connectivity index is 6.15. The summed E-state index contributed by atoms with van der Waals surface area (Å²) in [6.07, 6.45) is 9.22. The quantitative estimate of drug-likeness (QED) is 0.251. The highest BCUT2D eigenvalue weighted by atomic mass is 31.2. The molecule has 0 heterocycles. The Morgan fingerprint density at radius 1 is 0.857 bits per heavy atom. The lowest BCUT2D eigenvalue weighted by molar-refractivity contribution is -0.122. The summed E-state index contributed by atoms with van der Waals surface area (Å²) in [5.41, 5.74) is 6.01. The van der Waals surface area contributed by atoms with E-state index in [1.54, 1.807) is 13.8 Å². The topological polar surface area (TPSA) is 78.6 Å². The van der Waals surface area contributed by atoms with Crippen LogP contribution in [0.4, 0.5) is 0 Å². The molecule has 168 valence electrons. The average molecular weight is 420 g/mol. The summed E-state index contributed by atoms with van der Waals surface area (Å²) in [5.74, 6) is 0.0402. The molecule has 0 aromatic carbocycles. The van der Waals surface area contributed by atoms with Crippen molar-refractivity contribution in [3.63, 3.8) is 0 Å². The summed E-state index contributed by atoms with van der Waals surface area (Å²) in [7, 11) is -3.69. The number of nitrogens with two attached hydrogens (primary N) is 1. The third kappa shape index (κ3) is 7.80. The van der Waals surface area contributed by atoms with Gasteiger partial charge in [-0.3, -0.25) is 9.36 Å². The standard InChI is InChI=1S/C22H46NO4P/c1-7-13-15-19(9-3)17-22(21(23)24,18-20(10-4)16-14-8-2)28(25,26-11-5)27-12-6/h19-20H,7-18H2,1-6H3,(H2,23,24). The van der Waals surface area contributed by atoms with Crippen molar-refractivity contribution in [2.24, 2.45) is 17.6 Å². The lowest BCUT2D eigenvalue weighted by atomic mass is 9.80. The second-order valence-electron chi connectivity index (χ2n) is 7.97. The Morgan fingerprint density at radius 2 is 1.25 bits per heavy atom. The first-order chi connectivity index (χ1) is 13.3. The molecule has 0 radical (unpaired) electrons. The van der Waals surface area contributed by atoms with Crippen LogP contribution in [0, 0.1) is 11.8 Å². The first-order valence-corrected chi connectivity index (χ1v) is 13.0. The molecule has 0 aromatic rings. The molecule has 0 saturated carbocycles. The van der Waals surface area contributed by atoms with Crippen molar-refractivity contribution in [2.45, 2.75) is 111 Å². The number of carbonyl (C=O) groups excluding carboxylic acids is 1. The number of unbranched alkanes of at least 4 members (excludes halogenated alkanes) is 2. The lowest BCUT2D eigenvalue weighted by Crippen LogP contribution is -2.47. The lowest BCUT2D eigenvalue weighted by Gasteiger charge is -2.40. The van der Waals surface area contributed by atoms with E-state index in [1.807, 2.05) is 0 Å². The van der Waals surface area contributed by atoms with Crippen molar-refractivity contribution >= 4 is 13.5 Å². The smallest absolute Gasteiger partial charge is 0.346 e. The van der Waals surface area contributed by atoms with Crippen LogP contribution in [0.5, 0.6) is 0 Å². The van der Waals surface area contributed by atoms with E-state index >= 15 is 0 Å². The van der Waals surface area contributed by atoms with Gasteiger partial charge in [0.15, 0.2) is 5.16 Å². The first kappa shape index (κ1) is 27.6. The van der Waals surface area contributed by atoms with Crippen LogP contribution in [-0.4, -0.2) is 24.3 Å². The van der Waals surface area contributed by atoms with Gasteiger partial charge in [-0.25, -0.2) is 0 Å². The average Bonchev–Trinajstić information content (AvgIpc) is 2.66. The molecule has 2 atom stereocenters. The number of carbonyl (C=O) groups is 1. The van der Waals surface area contributed by atoms with Gasteiger partial charge < -0.3 is 14.8 Å². The normalized spacial score (nSPS) is 16.5. The molecule has 2 unspecified atom stereocenters. The zero-order chi connectivity index (χ0) is 21.6. The fraction of sp³-hybridized carbons (Fsp3) is 0.955. The summed E-state index contributed by atoms with van der Waals surface area (Å²) in [6, 6.07) is 0. The van der Waals surface area contributed by atoms with Gasteiger partial charge in [-0.15, -0.1) is 0 Å². The van der Waals surface area contributed by atoms with Gasteiger partial charge in [-0.2, -0.15) is 0 Å². The minimum absolute atomic E-state index is 0.240. The van der Waals surface area contributed by atoms with Crippen molar-refractivity contribution in [1.29, 1.82) is 0 Å². The fourth-order valence-corrected chi connectivity index (χ4v) is 6.59. The van der Waals surface area contributed by atoms with Gasteiger partial charge in [0, 0.05) is 0 Å². The van der Waals surface area contributed by atoms with E-state index in [0.717, 1.165) is 51.4 Å². The van der Waals surface area contributed by atoms with Gasteiger partial charge in [-0.1, -0.05) is 79.1 Å². The Morgan fingerprint density at radius 3 is 1.50 bits per heavy atom. The zero-order valence-corrected chi connectivity index (χ0v) is 20.2. The van der Waals surface area contributed by atoms with Crippen LogP contribution in [0.2, 0.25) is 0 Å². The largest absolute Gasteiger partial charge is 0.369 e. The molecule has 0 rings (SSSR count). The molecule has 0 aromatic heterocycles. The summed E-state index contributed by atoms with van der Waals surface area (Å²) in [6.45, 7) is 12.7. The molecule has 1 amide bonds. The number of amides is 1. The van der Waals surface area contributed by atoms with E-state index < -0.39 is 18.7 Å². The predicted octanol–water partition coefficient (Wildman–Crippen LogP) is 6.69. The summed E-state index contributed by atoms with van der Waals surface area (Å²) in [4.78, 5) is 13.0. The summed E-state index contributed by atoms with van der Waals surface area (Å²) >= 11 is 0. The van der Waals surface area contributed by atoms with E-state index in [-0.39, 0.29) is 25.0 Å². The van der Waals surface area contributed by atoms with Crippen LogP contribution in [0.1, 0.15) is 106 Å². The molecule has 0 aliphatic heterocycles. The van der Waals surface area contributed by atoms with E-state index in [4.69, 9.17) is 14.8 Å². The monoisotopic (exact) mass is 419 g/mol. The predicted molar refractivity (Wildman–Crippen MR) is 119 cm³/mol. The van der Waals surface area contributed by atoms with E-state index in [1.165, 1.54) is 0 Å². The number of hydrogen-bond donors (Lipinski definition) is 1. The second-order valence-corrected chi connectivity index (χ2v) is 10.3. The Bertz CT molecular complexity index is 441. The maximum absolute atomic E-state index is 14.0. The Hall–Kier alpha value is -0.380. The molecule has 0 saturated heterocycles. The van der Waals surface area contributed by atoms with Crippen LogP contribution in [0.25, 0.3) is 0 Å². The third-order valence-electron chi connectivity index (χ3n) is 5.92. The van der Waals surface area contributed by atoms with E-state index in [2.05, 4.69) is 27.7 Å². The highest BCUT2D eigenvalue weighted by Gasteiger charge is 2.56. The molecule has 6 heteroatoms. The molecular formula is C22H46NO4P. The van der Waals surface area contributed by atoms with Crippen molar-refractivity contribution in [1.82, 2.24) is 0 Å². The molecule has 0 bridgehead atoms. The van der Waals surface area contributed by atoms with Crippen LogP contribution in [0.15, 0.2) is 0 Å². The fourth-order valence-electron chi connectivity index (χ4n) is 4.11. The number of rotatable bonds is 18. The highest BCUT2D eigenvalue weighted by molar-refractivity contribution is 7.56. The summed E-state index contributed by atoms with van der Waals surface area (Å²) < 4.78 is 25.4. The zero-order valence-electron chi connectivity index (χ0n) is 19.3. The third-order valence-corrected chi connectivity index (χ3v) is 8.75. The molecule has 0 aliphatic rings. The van der Waals surface area contributed by atoms with Crippen molar-refractivity contribution in [2.75, 3.05) is 13.2 Å². The van der Waals surface area contributed by atoms with Crippen LogP contribution >= 0.6 is 7.60 Å². The number of primary amides is 1. The Kier molecular flexibility index (Phi) is 14.4. The number of hydrogen-bond acceptors (Lipinski definition) is 4. The van der Waals surface area contributed by atoms with Crippen LogP contribution in [0.3, 0.4) is 0 Å². The minimum Gasteiger partial charge on any atom is -0.369 e. The highest BCUT2D eigenvalue weighted by Crippen LogP contribution is 2.65. The van der Waals surface area contributed by atoms with Gasteiger partial charge in [0.1, 0.15) is 0 Å².